The number of rotatable bonds is 8. The van der Waals surface area contributed by atoms with Crippen LogP contribution in [-0.4, -0.2) is 15.8 Å². The SMILES string of the molecule is C1=C(c2ccc3c(c2)oc2ccccc23)N=C(c2ccc3c(c2)Oc2ccccc2C32c3ccccc3-c3cc(-c4ccc(-c5ccccc5)c(-c5cc(-c6ccccc6)nc(-c6ccc7c(c6)Oc6ccccc6C76c7ccccc7-c7ccccc76)n5)c4)ccc32)NC1c1ccccc1. The lowest BCUT2D eigenvalue weighted by Crippen LogP contribution is -2.33. The normalized spacial score (nSPS) is 15.9. The van der Waals surface area contributed by atoms with Gasteiger partial charge in [0.25, 0.3) is 0 Å². The van der Waals surface area contributed by atoms with E-state index in [1.807, 2.05) is 12.1 Å². The highest BCUT2D eigenvalue weighted by molar-refractivity contribution is 6.08. The molecule has 0 saturated heterocycles. The van der Waals surface area contributed by atoms with Gasteiger partial charge in [0.15, 0.2) is 5.82 Å². The smallest absolute Gasteiger partial charge is 0.160 e. The molecule has 7 heteroatoms. The first-order chi connectivity index (χ1) is 50.0. The van der Waals surface area contributed by atoms with E-state index in [0.717, 1.165) is 151 Å². The van der Waals surface area contributed by atoms with Crippen LogP contribution >= 0.6 is 0 Å². The molecule has 0 saturated carbocycles. The van der Waals surface area contributed by atoms with E-state index >= 15 is 0 Å². The molecule has 3 aliphatic heterocycles. The molecule has 2 atom stereocenters. The fraction of sp³-hybridized carbons (Fsp3) is 0.0319. The second-order valence-corrected chi connectivity index (χ2v) is 26.8. The molecule has 2 unspecified atom stereocenters. The minimum atomic E-state index is -0.722. The monoisotopic (exact) mass is 1290 g/mol. The molecule has 0 bridgehead atoms. The lowest BCUT2D eigenvalue weighted by atomic mass is 9.66. The first kappa shape index (κ1) is 56.9. The molecular formula is C94H58N4O3. The average Bonchev–Trinajstić information content (AvgIpc) is 1.62. The van der Waals surface area contributed by atoms with E-state index in [0.29, 0.717) is 5.82 Å². The summed E-state index contributed by atoms with van der Waals surface area (Å²) in [5.74, 6) is 4.54. The lowest BCUT2D eigenvalue weighted by molar-refractivity contribution is 0.436. The van der Waals surface area contributed by atoms with Crippen molar-refractivity contribution >= 4 is 33.5 Å². The summed E-state index contributed by atoms with van der Waals surface area (Å²) in [5, 5.41) is 6.01. The number of hydrogen-bond donors (Lipinski definition) is 1. The number of fused-ring (bicyclic) bond motifs is 21. The van der Waals surface area contributed by atoms with Crippen molar-refractivity contribution in [1.82, 2.24) is 15.3 Å². The number of ether oxygens (including phenoxy) is 2. The Hall–Kier alpha value is -13.2. The fourth-order valence-electron chi connectivity index (χ4n) is 17.1. The highest BCUT2D eigenvalue weighted by Gasteiger charge is 2.53. The van der Waals surface area contributed by atoms with E-state index < -0.39 is 10.8 Å². The van der Waals surface area contributed by atoms with Crippen LogP contribution in [0.25, 0.3) is 106 Å². The van der Waals surface area contributed by atoms with E-state index in [2.05, 4.69) is 333 Å². The summed E-state index contributed by atoms with van der Waals surface area (Å²) in [5.41, 5.74) is 27.0. The van der Waals surface area contributed by atoms with Crippen LogP contribution in [0.3, 0.4) is 0 Å². The van der Waals surface area contributed by atoms with Gasteiger partial charge in [-0.2, -0.15) is 0 Å². The van der Waals surface area contributed by atoms with Gasteiger partial charge in [0.2, 0.25) is 0 Å². The number of furan rings is 1. The maximum atomic E-state index is 7.15. The van der Waals surface area contributed by atoms with Crippen molar-refractivity contribution in [1.29, 1.82) is 0 Å². The quantitative estimate of drug-likeness (QED) is 0.163. The zero-order valence-electron chi connectivity index (χ0n) is 54.5. The van der Waals surface area contributed by atoms with Crippen molar-refractivity contribution < 1.29 is 13.9 Å². The maximum Gasteiger partial charge on any atom is 0.160 e. The summed E-state index contributed by atoms with van der Waals surface area (Å²) < 4.78 is 20.6. The molecule has 0 fully saturated rings. The predicted octanol–water partition coefficient (Wildman–Crippen LogP) is 22.8. The Bertz CT molecular complexity index is 6160. The van der Waals surface area contributed by atoms with E-state index in [9.17, 15) is 0 Å². The van der Waals surface area contributed by atoms with Crippen molar-refractivity contribution in [2.24, 2.45) is 4.99 Å². The summed E-state index contributed by atoms with van der Waals surface area (Å²) in [4.78, 5) is 16.5. The number of amidine groups is 1. The van der Waals surface area contributed by atoms with Gasteiger partial charge in [0.1, 0.15) is 40.0 Å². The summed E-state index contributed by atoms with van der Waals surface area (Å²) in [6.07, 6.45) is 2.21. The number of aromatic nitrogens is 2. The number of nitrogens with one attached hydrogen (secondary N) is 1. The van der Waals surface area contributed by atoms with Crippen LogP contribution in [0.15, 0.2) is 349 Å². The van der Waals surface area contributed by atoms with Gasteiger partial charge in [0.05, 0.1) is 34.0 Å². The average molecular weight is 1290 g/mol. The van der Waals surface area contributed by atoms with Crippen LogP contribution in [0.2, 0.25) is 0 Å². The Labute approximate surface area is 583 Å². The molecule has 2 aliphatic carbocycles. The van der Waals surface area contributed by atoms with Gasteiger partial charge in [0, 0.05) is 60.8 Å². The molecule has 2 aromatic heterocycles. The van der Waals surface area contributed by atoms with Gasteiger partial charge in [-0.15, -0.1) is 0 Å². The fourth-order valence-corrected chi connectivity index (χ4v) is 17.1. The zero-order valence-corrected chi connectivity index (χ0v) is 54.5. The highest BCUT2D eigenvalue weighted by Crippen LogP contribution is 2.64. The molecule has 16 aromatic rings. The topological polar surface area (TPSA) is 81.8 Å². The number of nitrogens with zero attached hydrogens (tertiary/aromatic N) is 3. The van der Waals surface area contributed by atoms with E-state index in [1.54, 1.807) is 0 Å². The van der Waals surface area contributed by atoms with Crippen molar-refractivity contribution in [3.8, 4) is 101 Å². The van der Waals surface area contributed by atoms with Crippen LogP contribution < -0.4 is 14.8 Å². The Morgan fingerprint density at radius 2 is 0.762 bits per heavy atom. The summed E-state index contributed by atoms with van der Waals surface area (Å²) in [6, 6.07) is 119. The number of aliphatic imine (C=N–C) groups is 1. The van der Waals surface area contributed by atoms with Gasteiger partial charge >= 0.3 is 0 Å². The Balaban J connectivity index is 0.697. The van der Waals surface area contributed by atoms with E-state index in [-0.39, 0.29) is 6.04 Å². The van der Waals surface area contributed by atoms with Crippen LogP contribution in [-0.2, 0) is 10.8 Å². The Morgan fingerprint density at radius 1 is 0.287 bits per heavy atom. The van der Waals surface area contributed by atoms with Crippen molar-refractivity contribution in [2.75, 3.05) is 0 Å². The minimum Gasteiger partial charge on any atom is -0.457 e. The molecule has 5 aliphatic rings. The van der Waals surface area contributed by atoms with Gasteiger partial charge in [-0.3, -0.25) is 0 Å². The van der Waals surface area contributed by atoms with Crippen LogP contribution in [0.4, 0.5) is 0 Å². The van der Waals surface area contributed by atoms with Crippen molar-refractivity contribution in [2.45, 2.75) is 16.9 Å². The zero-order chi connectivity index (χ0) is 66.3. The molecule has 1 N–H and O–H groups in total. The Kier molecular flexibility index (Phi) is 12.5. The maximum absolute atomic E-state index is 7.15. The second kappa shape index (κ2) is 22.1. The minimum absolute atomic E-state index is 0.160. The molecule has 101 heavy (non-hydrogen) atoms. The third-order valence-electron chi connectivity index (χ3n) is 21.5. The first-order valence-electron chi connectivity index (χ1n) is 34.5. The van der Waals surface area contributed by atoms with Gasteiger partial charge in [-0.25, -0.2) is 15.0 Å². The molecule has 21 rings (SSSR count). The summed E-state index contributed by atoms with van der Waals surface area (Å²) in [7, 11) is 0. The Morgan fingerprint density at radius 3 is 1.44 bits per heavy atom. The molecule has 7 nitrogen and oxygen atoms in total. The molecule has 0 amide bonds. The molecule has 2 spiro atoms. The second-order valence-electron chi connectivity index (χ2n) is 26.8. The largest absolute Gasteiger partial charge is 0.457 e. The first-order valence-corrected chi connectivity index (χ1v) is 34.5. The van der Waals surface area contributed by atoms with Gasteiger partial charge < -0.3 is 19.2 Å². The van der Waals surface area contributed by atoms with Crippen LogP contribution in [0, 0.1) is 0 Å². The van der Waals surface area contributed by atoms with Crippen molar-refractivity contribution in [3.05, 3.63) is 401 Å². The third-order valence-corrected chi connectivity index (χ3v) is 21.5. The predicted molar refractivity (Wildman–Crippen MR) is 405 cm³/mol. The molecule has 0 radical (unpaired) electrons. The molecule has 14 aromatic carbocycles. The van der Waals surface area contributed by atoms with Crippen LogP contribution in [0.1, 0.15) is 67.2 Å². The molecule has 5 heterocycles. The van der Waals surface area contributed by atoms with Gasteiger partial charge in [-0.05, 0) is 139 Å². The number of para-hydroxylation sites is 3. The van der Waals surface area contributed by atoms with Crippen LogP contribution in [0.5, 0.6) is 23.0 Å². The van der Waals surface area contributed by atoms with E-state index in [4.69, 9.17) is 28.9 Å². The van der Waals surface area contributed by atoms with Gasteiger partial charge in [-0.1, -0.05) is 273 Å². The molecule has 472 valence electrons. The third kappa shape index (κ3) is 8.57. The lowest BCUT2D eigenvalue weighted by Gasteiger charge is -2.39. The number of benzene rings is 14. The van der Waals surface area contributed by atoms with E-state index in [1.165, 1.54) is 38.9 Å². The summed E-state index contributed by atoms with van der Waals surface area (Å²) >= 11 is 0. The molecular weight excluding hydrogens is 1230 g/mol. The highest BCUT2D eigenvalue weighted by atomic mass is 16.5. The van der Waals surface area contributed by atoms with Crippen molar-refractivity contribution in [3.63, 3.8) is 0 Å². The number of hydrogen-bond acceptors (Lipinski definition) is 7. The standard InChI is InChI=1S/C94H58N4O3/c1-4-22-57(23-5-1)65-45-40-60(51-72(65)84-56-82(59-26-8-3-9-27-59)96-92(98-84)64-44-48-79-89(54-64)100-86-38-20-17-35-77(86)93(79)73-32-14-10-28-66(73)67-29-11-15-33-74(67)93)61-42-47-76-71(50-61)68-30-12-16-34-75(68)94(76)78-36-18-21-39-87(78)101-90-53-63(43-49-80(90)94)91-95-81(58-24-6-2-7-25-58)55-83(97-91)62-41-46-70-69-31-13-19-37-85(69)99-88(70)52-62/h1-56,81H,(H,95,97). The summed E-state index contributed by atoms with van der Waals surface area (Å²) in [6.45, 7) is 0.